The summed E-state index contributed by atoms with van der Waals surface area (Å²) < 4.78 is 0. The lowest BCUT2D eigenvalue weighted by Crippen LogP contribution is -2.33. The average Bonchev–Trinajstić information content (AvgIpc) is 2.74. The lowest BCUT2D eigenvalue weighted by atomic mass is 9.72. The first-order chi connectivity index (χ1) is 8.16. The summed E-state index contributed by atoms with van der Waals surface area (Å²) in [5.74, 6) is 4.07. The second kappa shape index (κ2) is 6.22. The molecule has 1 N–H and O–H groups in total. The summed E-state index contributed by atoms with van der Waals surface area (Å²) in [6.45, 7) is 8.27. The molecule has 0 aromatic rings. The zero-order valence-corrected chi connectivity index (χ0v) is 12.0. The predicted molar refractivity (Wildman–Crippen MR) is 75.1 cm³/mol. The van der Waals surface area contributed by atoms with Crippen LogP contribution < -0.4 is 5.32 Å². The molecule has 2 aliphatic carbocycles. The molecule has 0 heterocycles. The van der Waals surface area contributed by atoms with Crippen molar-refractivity contribution < 1.29 is 0 Å². The van der Waals surface area contributed by atoms with Gasteiger partial charge in [0.05, 0.1) is 0 Å². The molecular weight excluding hydrogens is 206 g/mol. The molecule has 2 aliphatic rings. The van der Waals surface area contributed by atoms with Crippen LogP contribution in [0.4, 0.5) is 0 Å². The summed E-state index contributed by atoms with van der Waals surface area (Å²) in [6.07, 6.45) is 10.5. The fourth-order valence-corrected chi connectivity index (χ4v) is 4.20. The minimum absolute atomic E-state index is 0.654. The van der Waals surface area contributed by atoms with Crippen molar-refractivity contribution in [2.75, 3.05) is 6.54 Å². The lowest BCUT2D eigenvalue weighted by molar-refractivity contribution is 0.167. The number of hydrogen-bond acceptors (Lipinski definition) is 1. The molecule has 4 atom stereocenters. The Morgan fingerprint density at radius 1 is 1.06 bits per heavy atom. The van der Waals surface area contributed by atoms with Gasteiger partial charge in [0, 0.05) is 6.04 Å². The van der Waals surface area contributed by atoms with Gasteiger partial charge in [0.25, 0.3) is 0 Å². The highest BCUT2D eigenvalue weighted by molar-refractivity contribution is 4.86. The van der Waals surface area contributed by atoms with E-state index in [4.69, 9.17) is 0 Å². The van der Waals surface area contributed by atoms with Gasteiger partial charge in [0.1, 0.15) is 0 Å². The Bertz CT molecular complexity index is 224. The van der Waals surface area contributed by atoms with Crippen LogP contribution in [0.1, 0.15) is 65.7 Å². The molecule has 0 saturated heterocycles. The molecule has 0 aromatic heterocycles. The molecule has 2 saturated carbocycles. The molecule has 0 radical (unpaired) electrons. The summed E-state index contributed by atoms with van der Waals surface area (Å²) >= 11 is 0. The van der Waals surface area contributed by atoms with Gasteiger partial charge in [-0.1, -0.05) is 46.5 Å². The van der Waals surface area contributed by atoms with Crippen molar-refractivity contribution in [2.45, 2.75) is 71.8 Å². The Labute approximate surface area is 108 Å². The number of nitrogens with one attached hydrogen (secondary N) is 1. The van der Waals surface area contributed by atoms with Crippen LogP contribution in [0.3, 0.4) is 0 Å². The first kappa shape index (κ1) is 13.4. The van der Waals surface area contributed by atoms with E-state index in [2.05, 4.69) is 26.1 Å². The van der Waals surface area contributed by atoms with E-state index in [9.17, 15) is 0 Å². The van der Waals surface area contributed by atoms with Gasteiger partial charge in [-0.3, -0.25) is 0 Å². The van der Waals surface area contributed by atoms with E-state index in [1.54, 1.807) is 0 Å². The van der Waals surface area contributed by atoms with Gasteiger partial charge in [-0.25, -0.2) is 0 Å². The summed E-state index contributed by atoms with van der Waals surface area (Å²) in [7, 11) is 0. The number of hydrogen-bond donors (Lipinski definition) is 1. The van der Waals surface area contributed by atoms with E-state index in [1.807, 2.05) is 0 Å². The average molecular weight is 237 g/mol. The van der Waals surface area contributed by atoms with Crippen molar-refractivity contribution in [2.24, 2.45) is 23.7 Å². The molecular formula is C16H31N. The molecule has 1 nitrogen and oxygen atoms in total. The Kier molecular flexibility index (Phi) is 4.90. The second-order valence-electron chi connectivity index (χ2n) is 6.95. The zero-order chi connectivity index (χ0) is 12.3. The maximum absolute atomic E-state index is 3.67. The molecule has 0 bridgehead atoms. The fraction of sp³-hybridized carbons (Fsp3) is 1.00. The van der Waals surface area contributed by atoms with Crippen LogP contribution in [-0.4, -0.2) is 12.6 Å². The van der Waals surface area contributed by atoms with Crippen LogP contribution in [0.5, 0.6) is 0 Å². The smallest absolute Gasteiger partial charge is 0.00104 e. The monoisotopic (exact) mass is 237 g/mol. The predicted octanol–water partition coefficient (Wildman–Crippen LogP) is 4.23. The van der Waals surface area contributed by atoms with Crippen molar-refractivity contribution in [1.29, 1.82) is 0 Å². The van der Waals surface area contributed by atoms with Crippen LogP contribution in [0.2, 0.25) is 0 Å². The topological polar surface area (TPSA) is 12.0 Å². The summed E-state index contributed by atoms with van der Waals surface area (Å²) in [5, 5.41) is 3.67. The van der Waals surface area contributed by atoms with Gasteiger partial charge in [-0.15, -0.1) is 0 Å². The van der Waals surface area contributed by atoms with Crippen LogP contribution in [0.25, 0.3) is 0 Å². The zero-order valence-electron chi connectivity index (χ0n) is 12.0. The van der Waals surface area contributed by atoms with E-state index in [-0.39, 0.29) is 0 Å². The highest BCUT2D eigenvalue weighted by atomic mass is 14.9. The molecule has 0 aromatic carbocycles. The Morgan fingerprint density at radius 2 is 1.82 bits per heavy atom. The van der Waals surface area contributed by atoms with Gasteiger partial charge in [0.2, 0.25) is 0 Å². The highest BCUT2D eigenvalue weighted by Gasteiger charge is 2.35. The largest absolute Gasteiger partial charge is 0.314 e. The Balaban J connectivity index is 1.85. The quantitative estimate of drug-likeness (QED) is 0.771. The molecule has 0 spiro atoms. The van der Waals surface area contributed by atoms with E-state index >= 15 is 0 Å². The van der Waals surface area contributed by atoms with Gasteiger partial charge in [-0.2, -0.15) is 0 Å². The second-order valence-corrected chi connectivity index (χ2v) is 6.95. The molecule has 2 rings (SSSR count). The maximum atomic E-state index is 3.67. The fourth-order valence-electron chi connectivity index (χ4n) is 4.20. The van der Waals surface area contributed by atoms with Crippen molar-refractivity contribution in [3.63, 3.8) is 0 Å². The normalized spacial score (nSPS) is 38.8. The number of rotatable bonds is 4. The molecule has 1 heteroatoms. The SMILES string of the molecule is CC1CCCC(C2CCCC2CNC(C)C)C1. The standard InChI is InChI=1S/C16H31N/c1-12(2)17-11-15-8-5-9-16(15)14-7-4-6-13(3)10-14/h12-17H,4-11H2,1-3H3. The van der Waals surface area contributed by atoms with Gasteiger partial charge in [0.15, 0.2) is 0 Å². The van der Waals surface area contributed by atoms with Crippen molar-refractivity contribution in [3.8, 4) is 0 Å². The van der Waals surface area contributed by atoms with E-state index in [0.29, 0.717) is 6.04 Å². The van der Waals surface area contributed by atoms with Gasteiger partial charge < -0.3 is 5.32 Å². The molecule has 0 amide bonds. The van der Waals surface area contributed by atoms with Crippen LogP contribution in [-0.2, 0) is 0 Å². The Hall–Kier alpha value is -0.0400. The summed E-state index contributed by atoms with van der Waals surface area (Å²) in [6, 6.07) is 0.654. The van der Waals surface area contributed by atoms with E-state index < -0.39 is 0 Å². The van der Waals surface area contributed by atoms with Crippen molar-refractivity contribution in [3.05, 3.63) is 0 Å². The summed E-state index contributed by atoms with van der Waals surface area (Å²) in [4.78, 5) is 0. The molecule has 4 unspecified atom stereocenters. The minimum Gasteiger partial charge on any atom is -0.314 e. The van der Waals surface area contributed by atoms with Crippen molar-refractivity contribution in [1.82, 2.24) is 5.32 Å². The highest BCUT2D eigenvalue weighted by Crippen LogP contribution is 2.44. The molecule has 2 fully saturated rings. The summed E-state index contributed by atoms with van der Waals surface area (Å²) in [5.41, 5.74) is 0. The first-order valence-electron chi connectivity index (χ1n) is 7.90. The first-order valence-corrected chi connectivity index (χ1v) is 7.90. The molecule has 100 valence electrons. The van der Waals surface area contributed by atoms with Crippen LogP contribution in [0.15, 0.2) is 0 Å². The molecule has 0 aliphatic heterocycles. The van der Waals surface area contributed by atoms with E-state index in [0.717, 1.165) is 23.7 Å². The molecule has 17 heavy (non-hydrogen) atoms. The van der Waals surface area contributed by atoms with Crippen LogP contribution in [0, 0.1) is 23.7 Å². The minimum atomic E-state index is 0.654. The van der Waals surface area contributed by atoms with Gasteiger partial charge >= 0.3 is 0 Å². The van der Waals surface area contributed by atoms with Gasteiger partial charge in [-0.05, 0) is 49.5 Å². The lowest BCUT2D eigenvalue weighted by Gasteiger charge is -2.34. The van der Waals surface area contributed by atoms with Crippen molar-refractivity contribution >= 4 is 0 Å². The Morgan fingerprint density at radius 3 is 2.53 bits per heavy atom. The van der Waals surface area contributed by atoms with E-state index in [1.165, 1.54) is 51.5 Å². The maximum Gasteiger partial charge on any atom is 0.00104 e. The third-order valence-corrected chi connectivity index (χ3v) is 5.09. The third-order valence-electron chi connectivity index (χ3n) is 5.09. The third kappa shape index (κ3) is 3.71. The van der Waals surface area contributed by atoms with Crippen LogP contribution >= 0.6 is 0 Å².